The van der Waals surface area contributed by atoms with E-state index in [-0.39, 0.29) is 24.4 Å². The Labute approximate surface area is 220 Å². The smallest absolute Gasteiger partial charge is 0.254 e. The van der Waals surface area contributed by atoms with E-state index >= 15 is 4.39 Å². The molecule has 4 heterocycles. The molecule has 2 fully saturated rings. The molecule has 2 N–H and O–H groups in total. The summed E-state index contributed by atoms with van der Waals surface area (Å²) in [6.07, 6.45) is 1.50. The van der Waals surface area contributed by atoms with E-state index in [1.54, 1.807) is 0 Å². The SMILES string of the molecule is O=C(c1ccc(-c2ccc(-c3nc4cc(CC5COC(CO)C5)[nH]c4cc3F)cc2)cc1)N1CCOCC1. The first-order chi connectivity index (χ1) is 18.6. The molecule has 2 atom stereocenters. The minimum Gasteiger partial charge on any atom is -0.394 e. The molecule has 2 aromatic carbocycles. The molecule has 6 rings (SSSR count). The van der Waals surface area contributed by atoms with Gasteiger partial charge in [0.05, 0.1) is 43.6 Å². The number of aromatic amines is 1. The normalized spacial score (nSPS) is 19.8. The van der Waals surface area contributed by atoms with Crippen LogP contribution in [0.4, 0.5) is 4.39 Å². The molecule has 7 nitrogen and oxygen atoms in total. The number of aliphatic hydroxyl groups excluding tert-OH is 1. The Morgan fingerprint density at radius 2 is 1.71 bits per heavy atom. The Bertz CT molecular complexity index is 1430. The van der Waals surface area contributed by atoms with Gasteiger partial charge in [-0.1, -0.05) is 36.4 Å². The number of aromatic nitrogens is 2. The van der Waals surface area contributed by atoms with E-state index in [9.17, 15) is 9.90 Å². The highest BCUT2D eigenvalue weighted by Gasteiger charge is 2.25. The van der Waals surface area contributed by atoms with Gasteiger partial charge in [0.25, 0.3) is 5.91 Å². The number of pyridine rings is 1. The first kappa shape index (κ1) is 24.7. The topological polar surface area (TPSA) is 87.7 Å². The number of benzene rings is 2. The molecule has 0 spiro atoms. The summed E-state index contributed by atoms with van der Waals surface area (Å²) in [4.78, 5) is 22.4. The molecule has 2 aromatic heterocycles. The Morgan fingerprint density at radius 1 is 1.03 bits per heavy atom. The van der Waals surface area contributed by atoms with Crippen molar-refractivity contribution in [2.45, 2.75) is 18.9 Å². The molecule has 0 radical (unpaired) electrons. The summed E-state index contributed by atoms with van der Waals surface area (Å²) in [7, 11) is 0. The van der Waals surface area contributed by atoms with E-state index < -0.39 is 0 Å². The van der Waals surface area contributed by atoms with Crippen LogP contribution in [0.1, 0.15) is 22.5 Å². The second-order valence-electron chi connectivity index (χ2n) is 10.0. The summed E-state index contributed by atoms with van der Waals surface area (Å²) < 4.78 is 25.9. The van der Waals surface area contributed by atoms with Crippen molar-refractivity contribution in [3.8, 4) is 22.4 Å². The number of aliphatic hydroxyl groups is 1. The van der Waals surface area contributed by atoms with Crippen molar-refractivity contribution in [3.63, 3.8) is 0 Å². The van der Waals surface area contributed by atoms with Crippen LogP contribution in [0.2, 0.25) is 0 Å². The summed E-state index contributed by atoms with van der Waals surface area (Å²) >= 11 is 0. The molecule has 0 bridgehead atoms. The lowest BCUT2D eigenvalue weighted by atomic mass is 10.0. The molecule has 8 heteroatoms. The number of nitrogens with one attached hydrogen (secondary N) is 1. The van der Waals surface area contributed by atoms with E-state index in [4.69, 9.17) is 9.47 Å². The van der Waals surface area contributed by atoms with Crippen molar-refractivity contribution in [1.82, 2.24) is 14.9 Å². The van der Waals surface area contributed by atoms with Crippen LogP contribution in [-0.4, -0.2) is 71.5 Å². The van der Waals surface area contributed by atoms with E-state index in [1.165, 1.54) is 6.07 Å². The molecule has 2 aliphatic heterocycles. The first-order valence-electron chi connectivity index (χ1n) is 13.1. The summed E-state index contributed by atoms with van der Waals surface area (Å²) in [5, 5.41) is 9.29. The van der Waals surface area contributed by atoms with Crippen LogP contribution in [0, 0.1) is 11.7 Å². The maximum absolute atomic E-state index is 15.0. The quantitative estimate of drug-likeness (QED) is 0.396. The average Bonchev–Trinajstić information content (AvgIpc) is 3.58. The molecule has 2 saturated heterocycles. The molecule has 0 aliphatic carbocycles. The number of H-pyrrole nitrogens is 1. The van der Waals surface area contributed by atoms with Crippen molar-refractivity contribution >= 4 is 16.9 Å². The minimum atomic E-state index is -0.380. The van der Waals surface area contributed by atoms with Crippen molar-refractivity contribution in [2.75, 3.05) is 39.5 Å². The third-order valence-electron chi connectivity index (χ3n) is 7.41. The lowest BCUT2D eigenvalue weighted by Crippen LogP contribution is -2.40. The van der Waals surface area contributed by atoms with E-state index in [0.717, 1.165) is 35.2 Å². The van der Waals surface area contributed by atoms with Crippen LogP contribution in [0.5, 0.6) is 0 Å². The number of hydrogen-bond donors (Lipinski definition) is 2. The molecular formula is C30H30FN3O4. The van der Waals surface area contributed by atoms with Crippen LogP contribution in [0.15, 0.2) is 60.7 Å². The summed E-state index contributed by atoms with van der Waals surface area (Å²) in [5.74, 6) is -0.0382. The number of rotatable bonds is 6. The van der Waals surface area contributed by atoms with Gasteiger partial charge in [-0.2, -0.15) is 0 Å². The first-order valence-corrected chi connectivity index (χ1v) is 13.1. The van der Waals surface area contributed by atoms with Gasteiger partial charge in [0, 0.05) is 36.0 Å². The number of ether oxygens (including phenoxy) is 2. The summed E-state index contributed by atoms with van der Waals surface area (Å²) in [5.41, 5.74) is 6.00. The van der Waals surface area contributed by atoms with Gasteiger partial charge in [-0.05, 0) is 48.1 Å². The van der Waals surface area contributed by atoms with Crippen molar-refractivity contribution in [3.05, 3.63) is 77.7 Å². The number of carbonyl (C=O) groups is 1. The lowest BCUT2D eigenvalue weighted by molar-refractivity contribution is 0.0303. The van der Waals surface area contributed by atoms with Crippen LogP contribution < -0.4 is 0 Å². The highest BCUT2D eigenvalue weighted by molar-refractivity contribution is 5.94. The van der Waals surface area contributed by atoms with E-state index in [2.05, 4.69) is 9.97 Å². The zero-order valence-electron chi connectivity index (χ0n) is 21.0. The second kappa shape index (κ2) is 10.6. The number of carbonyl (C=O) groups excluding carboxylic acids is 1. The number of halogens is 1. The van der Waals surface area contributed by atoms with Gasteiger partial charge in [0.1, 0.15) is 5.69 Å². The van der Waals surface area contributed by atoms with Crippen LogP contribution >= 0.6 is 0 Å². The van der Waals surface area contributed by atoms with Crippen molar-refractivity contribution in [2.24, 2.45) is 5.92 Å². The fourth-order valence-electron chi connectivity index (χ4n) is 5.34. The number of morpholine rings is 1. The standard InChI is InChI=1S/C30H30FN3O4/c31-26-16-28-27(15-24(32-28)13-19-14-25(17-35)38-18-19)33-29(26)22-5-1-20(2-6-22)21-3-7-23(8-4-21)30(36)34-9-11-37-12-10-34/h1-8,15-16,19,25,32,35H,9-14,17-18H2. The van der Waals surface area contributed by atoms with Crippen LogP contribution in [0.25, 0.3) is 33.4 Å². The molecule has 2 unspecified atom stereocenters. The predicted octanol–water partition coefficient (Wildman–Crippen LogP) is 4.45. The van der Waals surface area contributed by atoms with Gasteiger partial charge in [0.2, 0.25) is 0 Å². The van der Waals surface area contributed by atoms with Gasteiger partial charge in [-0.25, -0.2) is 9.37 Å². The van der Waals surface area contributed by atoms with Crippen molar-refractivity contribution < 1.29 is 23.8 Å². The Hall–Kier alpha value is -3.59. The van der Waals surface area contributed by atoms with Gasteiger partial charge in [0.15, 0.2) is 5.82 Å². The predicted molar refractivity (Wildman–Crippen MR) is 142 cm³/mol. The van der Waals surface area contributed by atoms with Gasteiger partial charge >= 0.3 is 0 Å². The monoisotopic (exact) mass is 515 g/mol. The molecule has 1 amide bonds. The second-order valence-corrected chi connectivity index (χ2v) is 10.0. The minimum absolute atomic E-state index is 0.0194. The van der Waals surface area contributed by atoms with Crippen LogP contribution in [0.3, 0.4) is 0 Å². The number of nitrogens with zero attached hydrogens (tertiary/aromatic N) is 2. The number of fused-ring (bicyclic) bond motifs is 1. The maximum atomic E-state index is 15.0. The van der Waals surface area contributed by atoms with Crippen molar-refractivity contribution in [1.29, 1.82) is 0 Å². The molecule has 4 aromatic rings. The molecule has 196 valence electrons. The largest absolute Gasteiger partial charge is 0.394 e. The third kappa shape index (κ3) is 5.07. The summed E-state index contributed by atoms with van der Waals surface area (Å²) in [6, 6.07) is 18.7. The Balaban J connectivity index is 1.17. The lowest BCUT2D eigenvalue weighted by Gasteiger charge is -2.26. The highest BCUT2D eigenvalue weighted by atomic mass is 19.1. The van der Waals surface area contributed by atoms with Crippen LogP contribution in [-0.2, 0) is 15.9 Å². The Morgan fingerprint density at radius 3 is 2.39 bits per heavy atom. The molecular weight excluding hydrogens is 485 g/mol. The van der Waals surface area contributed by atoms with Gasteiger partial charge in [-0.3, -0.25) is 4.79 Å². The zero-order chi connectivity index (χ0) is 26.1. The number of hydrogen-bond acceptors (Lipinski definition) is 5. The zero-order valence-corrected chi connectivity index (χ0v) is 21.0. The maximum Gasteiger partial charge on any atom is 0.254 e. The third-order valence-corrected chi connectivity index (χ3v) is 7.41. The van der Waals surface area contributed by atoms with E-state index in [1.807, 2.05) is 59.5 Å². The summed E-state index contributed by atoms with van der Waals surface area (Å²) in [6.45, 7) is 3.04. The van der Waals surface area contributed by atoms with Gasteiger partial charge in [-0.15, -0.1) is 0 Å². The number of amides is 1. The van der Waals surface area contributed by atoms with E-state index in [0.29, 0.717) is 61.2 Å². The van der Waals surface area contributed by atoms with Gasteiger partial charge < -0.3 is 24.5 Å². The fourth-order valence-corrected chi connectivity index (χ4v) is 5.34. The molecule has 2 aliphatic rings. The molecule has 0 saturated carbocycles. The highest BCUT2D eigenvalue weighted by Crippen LogP contribution is 2.29. The molecule has 38 heavy (non-hydrogen) atoms. The Kier molecular flexibility index (Phi) is 6.93. The fraction of sp³-hybridized carbons (Fsp3) is 0.333. The average molecular weight is 516 g/mol.